The maximum Gasteiger partial charge on any atom is 0.315 e. The molecule has 0 saturated heterocycles. The van der Waals surface area contributed by atoms with Gasteiger partial charge in [-0.25, -0.2) is 13.6 Å². The Morgan fingerprint density at radius 1 is 1.08 bits per heavy atom. The molecule has 24 heavy (non-hydrogen) atoms. The Morgan fingerprint density at radius 3 is 2.58 bits per heavy atom. The fraction of sp³-hybridized carbons (Fsp3) is 0.278. The number of amides is 2. The zero-order chi connectivity index (χ0) is 17.5. The van der Waals surface area contributed by atoms with Crippen LogP contribution in [0.4, 0.5) is 13.6 Å². The van der Waals surface area contributed by atoms with Crippen molar-refractivity contribution in [2.45, 2.75) is 20.4 Å². The van der Waals surface area contributed by atoms with Crippen LogP contribution in [0.1, 0.15) is 16.7 Å². The van der Waals surface area contributed by atoms with E-state index in [-0.39, 0.29) is 24.9 Å². The number of rotatable bonds is 6. The third-order valence-corrected chi connectivity index (χ3v) is 3.48. The third kappa shape index (κ3) is 5.22. The second kappa shape index (κ2) is 8.29. The van der Waals surface area contributed by atoms with Crippen LogP contribution in [-0.2, 0) is 6.54 Å². The molecule has 128 valence electrons. The maximum absolute atomic E-state index is 13.3. The van der Waals surface area contributed by atoms with E-state index < -0.39 is 11.6 Å². The minimum Gasteiger partial charge on any atom is -0.489 e. The summed E-state index contributed by atoms with van der Waals surface area (Å²) in [6.45, 7) is 4.72. The predicted molar refractivity (Wildman–Crippen MR) is 88.0 cm³/mol. The number of aryl methyl sites for hydroxylation is 2. The Morgan fingerprint density at radius 2 is 1.88 bits per heavy atom. The summed E-state index contributed by atoms with van der Waals surface area (Å²) >= 11 is 0. The molecule has 2 aromatic rings. The molecule has 0 bridgehead atoms. The summed E-state index contributed by atoms with van der Waals surface area (Å²) in [7, 11) is 0. The van der Waals surface area contributed by atoms with Crippen molar-refractivity contribution in [2.24, 2.45) is 0 Å². The molecule has 0 heterocycles. The highest BCUT2D eigenvalue weighted by Gasteiger charge is 2.06. The molecule has 0 atom stereocenters. The van der Waals surface area contributed by atoms with Crippen LogP contribution in [-0.4, -0.2) is 19.2 Å². The van der Waals surface area contributed by atoms with Crippen LogP contribution in [0.5, 0.6) is 5.75 Å². The lowest BCUT2D eigenvalue weighted by Crippen LogP contribution is -2.37. The van der Waals surface area contributed by atoms with Gasteiger partial charge in [0.05, 0.1) is 6.54 Å². The number of carbonyl (C=O) groups excluding carboxylic acids is 1. The number of hydrogen-bond acceptors (Lipinski definition) is 2. The van der Waals surface area contributed by atoms with Gasteiger partial charge in [-0.1, -0.05) is 23.8 Å². The number of halogens is 2. The molecule has 0 aromatic heterocycles. The number of urea groups is 1. The van der Waals surface area contributed by atoms with Crippen LogP contribution in [0.3, 0.4) is 0 Å². The Hall–Kier alpha value is -2.63. The summed E-state index contributed by atoms with van der Waals surface area (Å²) in [6.07, 6.45) is 0. The highest BCUT2D eigenvalue weighted by Crippen LogP contribution is 2.17. The second-order valence-electron chi connectivity index (χ2n) is 5.46. The molecule has 6 heteroatoms. The van der Waals surface area contributed by atoms with E-state index in [9.17, 15) is 13.6 Å². The van der Waals surface area contributed by atoms with Gasteiger partial charge in [0.25, 0.3) is 0 Å². The molecule has 0 aliphatic rings. The van der Waals surface area contributed by atoms with Gasteiger partial charge in [-0.2, -0.15) is 0 Å². The molecule has 0 saturated carbocycles. The molecule has 0 radical (unpaired) electrons. The van der Waals surface area contributed by atoms with E-state index >= 15 is 0 Å². The van der Waals surface area contributed by atoms with Crippen LogP contribution in [0.25, 0.3) is 0 Å². The van der Waals surface area contributed by atoms with Gasteiger partial charge in [-0.15, -0.1) is 0 Å². The lowest BCUT2D eigenvalue weighted by Gasteiger charge is -2.11. The van der Waals surface area contributed by atoms with Crippen LogP contribution in [0.2, 0.25) is 0 Å². The SMILES string of the molecule is Cc1ccc(CNC(=O)NCCOc2ccc(F)cc2F)c(C)c1. The van der Waals surface area contributed by atoms with Gasteiger partial charge in [0.1, 0.15) is 12.4 Å². The topological polar surface area (TPSA) is 50.4 Å². The van der Waals surface area contributed by atoms with Gasteiger partial charge < -0.3 is 15.4 Å². The summed E-state index contributed by atoms with van der Waals surface area (Å²) in [5, 5.41) is 5.36. The van der Waals surface area contributed by atoms with Gasteiger partial charge in [0.2, 0.25) is 0 Å². The first-order valence-corrected chi connectivity index (χ1v) is 7.61. The number of ether oxygens (including phenoxy) is 1. The van der Waals surface area contributed by atoms with E-state index in [0.717, 1.165) is 23.3 Å². The van der Waals surface area contributed by atoms with Crippen LogP contribution in [0, 0.1) is 25.5 Å². The Bertz CT molecular complexity index is 720. The normalized spacial score (nSPS) is 10.3. The number of carbonyl (C=O) groups is 1. The summed E-state index contributed by atoms with van der Waals surface area (Å²) in [5.41, 5.74) is 3.33. The quantitative estimate of drug-likeness (QED) is 0.795. The third-order valence-electron chi connectivity index (χ3n) is 3.48. The molecule has 2 amide bonds. The van der Waals surface area contributed by atoms with Crippen LogP contribution in [0.15, 0.2) is 36.4 Å². The van der Waals surface area contributed by atoms with Crippen molar-refractivity contribution >= 4 is 6.03 Å². The van der Waals surface area contributed by atoms with Crippen molar-refractivity contribution in [3.8, 4) is 5.75 Å². The molecule has 0 fully saturated rings. The van der Waals surface area contributed by atoms with Crippen LogP contribution >= 0.6 is 0 Å². The molecular weight excluding hydrogens is 314 g/mol. The van der Waals surface area contributed by atoms with Gasteiger partial charge in [-0.3, -0.25) is 0 Å². The summed E-state index contributed by atoms with van der Waals surface area (Å²) in [6, 6.07) is 8.77. The second-order valence-corrected chi connectivity index (χ2v) is 5.46. The molecule has 0 spiro atoms. The largest absolute Gasteiger partial charge is 0.489 e. The highest BCUT2D eigenvalue weighted by molar-refractivity contribution is 5.73. The standard InChI is InChI=1S/C18H20F2N2O2/c1-12-3-4-14(13(2)9-12)11-22-18(23)21-7-8-24-17-6-5-15(19)10-16(17)20/h3-6,9-10H,7-8,11H2,1-2H3,(H2,21,22,23). The predicted octanol–water partition coefficient (Wildman–Crippen LogP) is 3.46. The monoisotopic (exact) mass is 334 g/mol. The molecule has 0 unspecified atom stereocenters. The highest BCUT2D eigenvalue weighted by atomic mass is 19.1. The first-order valence-electron chi connectivity index (χ1n) is 7.61. The lowest BCUT2D eigenvalue weighted by molar-refractivity contribution is 0.235. The van der Waals surface area contributed by atoms with Crippen molar-refractivity contribution in [1.82, 2.24) is 10.6 Å². The van der Waals surface area contributed by atoms with Crippen molar-refractivity contribution in [2.75, 3.05) is 13.2 Å². The summed E-state index contributed by atoms with van der Waals surface area (Å²) < 4.78 is 31.3. The summed E-state index contributed by atoms with van der Waals surface area (Å²) in [4.78, 5) is 11.7. The molecule has 2 rings (SSSR count). The average molecular weight is 334 g/mol. The smallest absolute Gasteiger partial charge is 0.315 e. The molecule has 2 N–H and O–H groups in total. The van der Waals surface area contributed by atoms with Gasteiger partial charge >= 0.3 is 6.03 Å². The Kier molecular flexibility index (Phi) is 6.12. The van der Waals surface area contributed by atoms with Gasteiger partial charge in [-0.05, 0) is 37.1 Å². The minimum atomic E-state index is -0.769. The lowest BCUT2D eigenvalue weighted by atomic mass is 10.1. The molecule has 4 nitrogen and oxygen atoms in total. The first kappa shape index (κ1) is 17.7. The van der Waals surface area contributed by atoms with Crippen LogP contribution < -0.4 is 15.4 Å². The molecule has 0 aliphatic carbocycles. The zero-order valence-corrected chi connectivity index (χ0v) is 13.7. The van der Waals surface area contributed by atoms with E-state index in [1.54, 1.807) is 0 Å². The Balaban J connectivity index is 1.69. The first-order chi connectivity index (χ1) is 11.5. The maximum atomic E-state index is 13.3. The minimum absolute atomic E-state index is 0.0473. The van der Waals surface area contributed by atoms with E-state index in [1.807, 2.05) is 26.0 Å². The molecule has 2 aromatic carbocycles. The average Bonchev–Trinajstić information content (AvgIpc) is 2.52. The van der Waals surface area contributed by atoms with E-state index in [1.165, 1.54) is 11.6 Å². The number of nitrogens with one attached hydrogen (secondary N) is 2. The van der Waals surface area contributed by atoms with Crippen molar-refractivity contribution in [3.05, 3.63) is 64.7 Å². The van der Waals surface area contributed by atoms with Crippen molar-refractivity contribution < 1.29 is 18.3 Å². The molecule has 0 aliphatic heterocycles. The number of benzene rings is 2. The fourth-order valence-corrected chi connectivity index (χ4v) is 2.20. The fourth-order valence-electron chi connectivity index (χ4n) is 2.20. The molecular formula is C18H20F2N2O2. The zero-order valence-electron chi connectivity index (χ0n) is 13.7. The van der Waals surface area contributed by atoms with Crippen molar-refractivity contribution in [1.29, 1.82) is 0 Å². The Labute approximate surface area is 139 Å². The van der Waals surface area contributed by atoms with E-state index in [2.05, 4.69) is 16.7 Å². The van der Waals surface area contributed by atoms with Crippen molar-refractivity contribution in [3.63, 3.8) is 0 Å². The number of hydrogen-bond donors (Lipinski definition) is 2. The van der Waals surface area contributed by atoms with E-state index in [4.69, 9.17) is 4.74 Å². The van der Waals surface area contributed by atoms with Gasteiger partial charge in [0, 0.05) is 12.6 Å². The van der Waals surface area contributed by atoms with Gasteiger partial charge in [0.15, 0.2) is 11.6 Å². The van der Waals surface area contributed by atoms with E-state index in [0.29, 0.717) is 6.54 Å². The summed E-state index contributed by atoms with van der Waals surface area (Å²) in [5.74, 6) is -1.48.